The Morgan fingerprint density at radius 1 is 1.24 bits per heavy atom. The molecule has 0 bridgehead atoms. The van der Waals surface area contributed by atoms with E-state index in [2.05, 4.69) is 34.2 Å². The van der Waals surface area contributed by atoms with Gasteiger partial charge in [-0.1, -0.05) is 28.9 Å². The molecule has 0 aliphatic rings. The van der Waals surface area contributed by atoms with E-state index in [1.54, 1.807) is 12.1 Å². The first kappa shape index (κ1) is 15.8. The van der Waals surface area contributed by atoms with Gasteiger partial charge in [-0.05, 0) is 43.2 Å². The first-order chi connectivity index (χ1) is 10.0. The van der Waals surface area contributed by atoms with Gasteiger partial charge >= 0.3 is 0 Å². The summed E-state index contributed by atoms with van der Waals surface area (Å²) in [5.41, 5.74) is 2.86. The van der Waals surface area contributed by atoms with E-state index >= 15 is 0 Å². The highest BCUT2D eigenvalue weighted by Gasteiger charge is 2.13. The van der Waals surface area contributed by atoms with Crippen LogP contribution in [0, 0.1) is 5.82 Å². The van der Waals surface area contributed by atoms with Crippen LogP contribution in [0.15, 0.2) is 40.9 Å². The van der Waals surface area contributed by atoms with Gasteiger partial charge in [0.2, 0.25) is 0 Å². The molecule has 1 N–H and O–H groups in total. The summed E-state index contributed by atoms with van der Waals surface area (Å²) in [4.78, 5) is 0. The van der Waals surface area contributed by atoms with E-state index < -0.39 is 0 Å². The number of ether oxygens (including phenoxy) is 1. The predicted molar refractivity (Wildman–Crippen MR) is 88.5 cm³/mol. The van der Waals surface area contributed by atoms with Gasteiger partial charge in [0.25, 0.3) is 0 Å². The van der Waals surface area contributed by atoms with E-state index in [9.17, 15) is 4.39 Å². The van der Waals surface area contributed by atoms with Crippen LogP contribution in [0.4, 0.5) is 10.1 Å². The van der Waals surface area contributed by atoms with Gasteiger partial charge in [0, 0.05) is 21.8 Å². The quantitative estimate of drug-likeness (QED) is 0.785. The lowest BCUT2D eigenvalue weighted by Crippen LogP contribution is -2.10. The number of halogens is 2. The molecule has 2 aromatic rings. The number of hydrogen-bond donors (Lipinski definition) is 1. The number of benzene rings is 2. The van der Waals surface area contributed by atoms with Crippen molar-refractivity contribution < 1.29 is 9.13 Å². The maximum absolute atomic E-state index is 14.1. The zero-order chi connectivity index (χ0) is 15.4. The Morgan fingerprint density at radius 3 is 2.62 bits per heavy atom. The highest BCUT2D eigenvalue weighted by atomic mass is 79.9. The van der Waals surface area contributed by atoms with E-state index in [1.807, 2.05) is 19.1 Å². The normalized spacial score (nSPS) is 12.0. The molecule has 2 rings (SSSR count). The second kappa shape index (κ2) is 6.94. The minimum absolute atomic E-state index is 0.123. The lowest BCUT2D eigenvalue weighted by Gasteiger charge is -2.19. The molecule has 0 radical (unpaired) electrons. The third kappa shape index (κ3) is 3.76. The van der Waals surface area contributed by atoms with Gasteiger partial charge in [0.15, 0.2) is 0 Å². The summed E-state index contributed by atoms with van der Waals surface area (Å²) in [6, 6.07) is 10.9. The highest BCUT2D eigenvalue weighted by Crippen LogP contribution is 2.28. The fourth-order valence-electron chi connectivity index (χ4n) is 2.29. The fraction of sp³-hybridized carbons (Fsp3) is 0.294. The number of nitrogens with one attached hydrogen (secondary N) is 1. The first-order valence-electron chi connectivity index (χ1n) is 6.93. The molecular weight excluding hydrogens is 333 g/mol. The lowest BCUT2D eigenvalue weighted by molar-refractivity contribution is 0.410. The SMILES string of the molecule is CCc1cc(Br)ccc1NC(C)c1ccc(OC)cc1F. The summed E-state index contributed by atoms with van der Waals surface area (Å²) in [5.74, 6) is 0.269. The minimum Gasteiger partial charge on any atom is -0.497 e. The number of anilines is 1. The molecule has 0 spiro atoms. The topological polar surface area (TPSA) is 21.3 Å². The molecule has 0 aliphatic heterocycles. The Labute approximate surface area is 133 Å². The van der Waals surface area contributed by atoms with Crippen molar-refractivity contribution >= 4 is 21.6 Å². The zero-order valence-electron chi connectivity index (χ0n) is 12.4. The molecule has 4 heteroatoms. The molecule has 0 aromatic heterocycles. The van der Waals surface area contributed by atoms with Crippen molar-refractivity contribution in [2.45, 2.75) is 26.3 Å². The van der Waals surface area contributed by atoms with Crippen molar-refractivity contribution in [3.05, 3.63) is 57.8 Å². The van der Waals surface area contributed by atoms with Crippen molar-refractivity contribution in [2.24, 2.45) is 0 Å². The Kier molecular flexibility index (Phi) is 5.23. The van der Waals surface area contributed by atoms with Gasteiger partial charge in [-0.2, -0.15) is 0 Å². The highest BCUT2D eigenvalue weighted by molar-refractivity contribution is 9.10. The van der Waals surface area contributed by atoms with Crippen LogP contribution in [-0.4, -0.2) is 7.11 Å². The maximum Gasteiger partial charge on any atom is 0.132 e. The molecule has 1 atom stereocenters. The van der Waals surface area contributed by atoms with E-state index in [1.165, 1.54) is 18.7 Å². The molecular formula is C17H19BrFNO. The largest absolute Gasteiger partial charge is 0.497 e. The van der Waals surface area contributed by atoms with Crippen LogP contribution < -0.4 is 10.1 Å². The Balaban J connectivity index is 2.23. The molecule has 0 aliphatic carbocycles. The van der Waals surface area contributed by atoms with E-state index in [0.717, 1.165) is 16.6 Å². The average Bonchev–Trinajstić information content (AvgIpc) is 2.48. The van der Waals surface area contributed by atoms with Crippen LogP contribution >= 0.6 is 15.9 Å². The van der Waals surface area contributed by atoms with Crippen LogP contribution in [-0.2, 0) is 6.42 Å². The standard InChI is InChI=1S/C17H19BrFNO/c1-4-12-9-13(18)5-8-17(12)20-11(2)15-7-6-14(21-3)10-16(15)19/h5-11,20H,4H2,1-3H3. The summed E-state index contributed by atoms with van der Waals surface area (Å²) < 4.78 is 20.2. The fourth-order valence-corrected chi connectivity index (χ4v) is 2.70. The molecule has 0 fully saturated rings. The summed E-state index contributed by atoms with van der Waals surface area (Å²) >= 11 is 3.47. The molecule has 2 aromatic carbocycles. The first-order valence-corrected chi connectivity index (χ1v) is 7.72. The van der Waals surface area contributed by atoms with Gasteiger partial charge < -0.3 is 10.1 Å². The Bertz CT molecular complexity index is 630. The van der Waals surface area contributed by atoms with Gasteiger partial charge in [0.05, 0.1) is 13.2 Å². The zero-order valence-corrected chi connectivity index (χ0v) is 14.0. The molecule has 2 nitrogen and oxygen atoms in total. The summed E-state index contributed by atoms with van der Waals surface area (Å²) in [5, 5.41) is 3.38. The van der Waals surface area contributed by atoms with Crippen LogP contribution in [0.2, 0.25) is 0 Å². The van der Waals surface area contributed by atoms with Crippen molar-refractivity contribution in [3.8, 4) is 5.75 Å². The van der Waals surface area contributed by atoms with Crippen LogP contribution in [0.5, 0.6) is 5.75 Å². The Morgan fingerprint density at radius 2 is 2.00 bits per heavy atom. The summed E-state index contributed by atoms with van der Waals surface area (Å²) in [7, 11) is 1.53. The van der Waals surface area contributed by atoms with E-state index in [0.29, 0.717) is 11.3 Å². The molecule has 0 saturated heterocycles. The van der Waals surface area contributed by atoms with Gasteiger partial charge in [0.1, 0.15) is 11.6 Å². The number of hydrogen-bond acceptors (Lipinski definition) is 2. The van der Waals surface area contributed by atoms with Crippen molar-refractivity contribution in [3.63, 3.8) is 0 Å². The molecule has 0 heterocycles. The van der Waals surface area contributed by atoms with E-state index in [-0.39, 0.29) is 11.9 Å². The number of rotatable bonds is 5. The van der Waals surface area contributed by atoms with Gasteiger partial charge in [-0.15, -0.1) is 0 Å². The molecule has 112 valence electrons. The summed E-state index contributed by atoms with van der Waals surface area (Å²) in [6.45, 7) is 4.05. The lowest BCUT2D eigenvalue weighted by atomic mass is 10.1. The number of aryl methyl sites for hydroxylation is 1. The monoisotopic (exact) mass is 351 g/mol. The molecule has 21 heavy (non-hydrogen) atoms. The minimum atomic E-state index is -0.260. The van der Waals surface area contributed by atoms with E-state index in [4.69, 9.17) is 4.74 Å². The second-order valence-corrected chi connectivity index (χ2v) is 5.82. The summed E-state index contributed by atoms with van der Waals surface area (Å²) in [6.07, 6.45) is 0.916. The van der Waals surface area contributed by atoms with Gasteiger partial charge in [-0.25, -0.2) is 4.39 Å². The third-order valence-electron chi connectivity index (χ3n) is 3.49. The molecule has 0 amide bonds. The second-order valence-electron chi connectivity index (χ2n) is 4.91. The van der Waals surface area contributed by atoms with Crippen LogP contribution in [0.3, 0.4) is 0 Å². The maximum atomic E-state index is 14.1. The van der Waals surface area contributed by atoms with Crippen molar-refractivity contribution in [2.75, 3.05) is 12.4 Å². The van der Waals surface area contributed by atoms with Gasteiger partial charge in [-0.3, -0.25) is 0 Å². The molecule has 1 unspecified atom stereocenters. The van der Waals surface area contributed by atoms with Crippen molar-refractivity contribution in [1.82, 2.24) is 0 Å². The molecule has 0 saturated carbocycles. The van der Waals surface area contributed by atoms with Crippen molar-refractivity contribution in [1.29, 1.82) is 0 Å². The van der Waals surface area contributed by atoms with Crippen LogP contribution in [0.25, 0.3) is 0 Å². The Hall–Kier alpha value is -1.55. The smallest absolute Gasteiger partial charge is 0.132 e. The predicted octanol–water partition coefficient (Wildman–Crippen LogP) is 5.33. The average molecular weight is 352 g/mol. The third-order valence-corrected chi connectivity index (χ3v) is 3.99. The number of methoxy groups -OCH3 is 1. The van der Waals surface area contributed by atoms with Crippen LogP contribution in [0.1, 0.15) is 31.0 Å².